The van der Waals surface area contributed by atoms with Crippen molar-refractivity contribution in [2.75, 3.05) is 95.9 Å². The van der Waals surface area contributed by atoms with E-state index in [1.807, 2.05) is 0 Å². The monoisotopic (exact) mass is 1590 g/mol. The lowest BCUT2D eigenvalue weighted by Crippen LogP contribution is -2.44. The van der Waals surface area contributed by atoms with Gasteiger partial charge in [0.05, 0.1) is 116 Å². The van der Waals surface area contributed by atoms with E-state index in [0.29, 0.717) is 77.8 Å². The minimum Gasteiger partial charge on any atom is -0.478 e. The molecule has 3 fully saturated rings. The first kappa shape index (κ1) is 85.4. The number of aromatic carboxylic acids is 2. The Hall–Kier alpha value is -9.02. The molecule has 25 nitrogen and oxygen atoms in total. The molecule has 0 spiro atoms. The van der Waals surface area contributed by atoms with Gasteiger partial charge < -0.3 is 47.4 Å². The maximum atomic E-state index is 13.2. The predicted octanol–water partition coefficient (Wildman–Crippen LogP) is 11.9. The van der Waals surface area contributed by atoms with Gasteiger partial charge in [0.25, 0.3) is 17.5 Å². The summed E-state index contributed by atoms with van der Waals surface area (Å²) in [6.07, 6.45) is -17.1. The van der Waals surface area contributed by atoms with Crippen LogP contribution in [-0.2, 0) is 59.0 Å². The highest BCUT2D eigenvalue weighted by Crippen LogP contribution is 2.37. The van der Waals surface area contributed by atoms with Gasteiger partial charge in [-0.1, -0.05) is 58.5 Å². The van der Waals surface area contributed by atoms with Crippen molar-refractivity contribution < 1.29 is 122 Å². The number of aliphatic imine (C=N–C) groups is 1. The smallest absolute Gasteiger partial charge is 0.416 e. The van der Waals surface area contributed by atoms with Gasteiger partial charge in [0.2, 0.25) is 6.08 Å². The predicted molar refractivity (Wildman–Crippen MR) is 349 cm³/mol. The summed E-state index contributed by atoms with van der Waals surface area (Å²) in [4.78, 5) is 83.3. The molecule has 9 rings (SSSR count). The first-order chi connectivity index (χ1) is 47.0. The van der Waals surface area contributed by atoms with Crippen molar-refractivity contribution in [3.8, 4) is 0 Å². The fourth-order valence-electron chi connectivity index (χ4n) is 8.28. The second-order valence-corrected chi connectivity index (χ2v) is 29.2. The summed E-state index contributed by atoms with van der Waals surface area (Å²) in [5, 5.41) is 35.8. The summed E-state index contributed by atoms with van der Waals surface area (Å²) in [5.41, 5.74) is 3.34. The Morgan fingerprint density at radius 1 is 0.510 bits per heavy atom. The zero-order valence-electron chi connectivity index (χ0n) is 51.2. The zero-order valence-corrected chi connectivity index (χ0v) is 56.7. The normalized spacial score (nSPS) is 15.2. The van der Waals surface area contributed by atoms with Crippen LogP contribution in [0.1, 0.15) is 63.7 Å². The number of hydrogen-bond donors (Lipinski definition) is 7. The van der Waals surface area contributed by atoms with E-state index in [1.54, 1.807) is 18.2 Å². The van der Waals surface area contributed by atoms with Crippen LogP contribution in [0, 0.1) is 10.1 Å². The highest BCUT2D eigenvalue weighted by Gasteiger charge is 2.37. The van der Waals surface area contributed by atoms with Gasteiger partial charge in [0.1, 0.15) is 5.56 Å². The van der Waals surface area contributed by atoms with Gasteiger partial charge >= 0.3 is 42.7 Å². The molecule has 0 radical (unpaired) electrons. The van der Waals surface area contributed by atoms with Gasteiger partial charge in [-0.05, 0) is 91.0 Å². The molecule has 0 unspecified atom stereocenters. The van der Waals surface area contributed by atoms with Gasteiger partial charge in [0, 0.05) is 56.7 Å². The van der Waals surface area contributed by atoms with Crippen molar-refractivity contribution >= 4 is 146 Å². The van der Waals surface area contributed by atoms with Crippen LogP contribution in [0.15, 0.2) is 114 Å². The molecule has 0 atom stereocenters. The lowest BCUT2D eigenvalue weighted by atomic mass is 10.1. The number of anilines is 4. The third kappa shape index (κ3) is 26.1. The van der Waals surface area contributed by atoms with Gasteiger partial charge in [-0.2, -0.15) is 57.7 Å². The largest absolute Gasteiger partial charge is 0.478 e. The van der Waals surface area contributed by atoms with Crippen molar-refractivity contribution in [2.24, 2.45) is 4.99 Å². The maximum Gasteiger partial charge on any atom is 0.416 e. The summed E-state index contributed by atoms with van der Waals surface area (Å²) in [6.45, 7) is 1.08. The van der Waals surface area contributed by atoms with E-state index in [-0.39, 0.29) is 98.4 Å². The molecule has 0 aromatic heterocycles. The number of amides is 4. The van der Waals surface area contributed by atoms with E-state index in [1.165, 1.54) is 34.1 Å². The zero-order chi connectivity index (χ0) is 77.3. The van der Waals surface area contributed by atoms with Gasteiger partial charge in [0.15, 0.2) is 29.5 Å². The van der Waals surface area contributed by atoms with Crippen LogP contribution in [0.5, 0.6) is 0 Å². The van der Waals surface area contributed by atoms with Crippen LogP contribution in [0.25, 0.3) is 0 Å². The van der Waals surface area contributed by atoms with Crippen molar-refractivity contribution in [2.45, 2.75) is 24.7 Å². The number of isocyanates is 1. The molecule has 4 amide bonds. The highest BCUT2D eigenvalue weighted by molar-refractivity contribution is 7.92. The highest BCUT2D eigenvalue weighted by atomic mass is 35.5. The fourth-order valence-corrected chi connectivity index (χ4v) is 12.5. The van der Waals surface area contributed by atoms with Crippen LogP contribution >= 0.6 is 46.4 Å². The molecule has 0 saturated carbocycles. The molecule has 44 heteroatoms. The van der Waals surface area contributed by atoms with E-state index in [0.717, 1.165) is 24.3 Å². The van der Waals surface area contributed by atoms with Crippen molar-refractivity contribution in [1.29, 1.82) is 0 Å². The number of nitrogens with one attached hydrogen (secondary N) is 3. The summed E-state index contributed by atoms with van der Waals surface area (Å²) in [5.74, 6) is -4.46. The fraction of sp³-hybridized carbons (Fsp3) is 0.276. The van der Waals surface area contributed by atoms with E-state index in [9.17, 15) is 117 Å². The third-order valence-corrected chi connectivity index (χ3v) is 20.0. The average Bonchev–Trinajstić information content (AvgIpc) is 0.803. The molecule has 6 aromatic rings. The van der Waals surface area contributed by atoms with E-state index in [2.05, 4.69) is 20.9 Å². The number of carbonyl (C=O) groups is 5. The van der Waals surface area contributed by atoms with Crippen LogP contribution in [-0.4, -0.2) is 160 Å². The Morgan fingerprint density at radius 2 is 0.873 bits per heavy atom. The Labute approximate surface area is 589 Å². The molecule has 554 valence electrons. The molecule has 9 N–H and O–H groups in total. The van der Waals surface area contributed by atoms with Gasteiger partial charge in [-0.25, -0.2) is 44.4 Å². The number of sulfone groups is 3. The number of nitro groups is 1. The molecule has 0 bridgehead atoms. The number of hydrogen-bond acceptors (Lipinski definition) is 18. The molecule has 3 heterocycles. The quantitative estimate of drug-likeness (QED) is 0.0186. The molecule has 3 aliphatic heterocycles. The summed E-state index contributed by atoms with van der Waals surface area (Å²) in [7, 11) is -9.06. The number of nitrogens with zero attached hydrogens (tertiary/aromatic N) is 4. The Balaban J connectivity index is 0.000000275. The number of carboxylic acid groups (broad SMARTS) is 2. The summed E-state index contributed by atoms with van der Waals surface area (Å²) >= 11 is 23.2. The number of nitrogens with two attached hydrogens (primary N) is 2. The van der Waals surface area contributed by atoms with Crippen molar-refractivity contribution in [3.63, 3.8) is 0 Å². The Kier molecular flexibility index (Phi) is 29.9. The lowest BCUT2D eigenvalue weighted by Gasteiger charge is -2.27. The van der Waals surface area contributed by atoms with Crippen LogP contribution in [0.3, 0.4) is 0 Å². The minimum atomic E-state index is -4.75. The van der Waals surface area contributed by atoms with Crippen LogP contribution in [0.2, 0.25) is 20.1 Å². The number of halogens is 16. The van der Waals surface area contributed by atoms with Gasteiger partial charge in [-0.15, -0.1) is 0 Å². The maximum absolute atomic E-state index is 13.2. The number of carboxylic acids is 2. The van der Waals surface area contributed by atoms with E-state index < -0.39 is 134 Å². The van der Waals surface area contributed by atoms with Crippen molar-refractivity contribution in [1.82, 2.24) is 15.1 Å². The number of nitro benzene ring substituents is 1. The number of alkyl halides is 12. The first-order valence-electron chi connectivity index (χ1n) is 27.9. The third-order valence-electron chi connectivity index (χ3n) is 13.5. The molecule has 102 heavy (non-hydrogen) atoms. The Morgan fingerprint density at radius 3 is 1.26 bits per heavy atom. The van der Waals surface area contributed by atoms with Crippen molar-refractivity contribution in [3.05, 3.63) is 184 Å². The van der Waals surface area contributed by atoms with Gasteiger partial charge in [-0.3, -0.25) is 19.7 Å². The molecule has 0 aliphatic carbocycles. The summed E-state index contributed by atoms with van der Waals surface area (Å²) < 4.78 is 217. The topological polar surface area (TPSA) is 395 Å². The molecular weight excluding hydrogens is 1540 g/mol. The molecule has 6 aromatic carbocycles. The lowest BCUT2D eigenvalue weighted by molar-refractivity contribution is -0.385. The number of rotatable bonds is 8. The minimum absolute atomic E-state index is 0.0155. The molecular formula is C58H51Cl4F12N9O16S3. The molecule has 3 aliphatic rings. The van der Waals surface area contributed by atoms with E-state index >= 15 is 0 Å². The van der Waals surface area contributed by atoms with E-state index in [4.69, 9.17) is 68.1 Å². The Bertz CT molecular complexity index is 4500. The first-order valence-corrected chi connectivity index (χ1v) is 34.9. The SMILES string of the molecule is Nc1cc(C(F)(F)F)ccc1C(=O)N1CCS(=O)(=O)CC1.Nc1cc(C(F)(F)F)ccc1C(=O)O.O=C(Nc1cc(C(F)(F)F)ccc1C(=O)N1CCS(=O)(=O)CC1)Nc1cccc(Cl)c1Cl.O=C(O)c1ccc(C(F)(F)F)cc1[N+](=O)[O-].O=C=Nc1cccc(Cl)c1Cl.O=S1(=O)CCNCC1. The van der Waals surface area contributed by atoms with Crippen LogP contribution < -0.4 is 27.4 Å². The second kappa shape index (κ2) is 35.7. The average molecular weight is 1600 g/mol. The number of carbonyl (C=O) groups excluding carboxylic acids is 4. The number of benzene rings is 6. The van der Waals surface area contributed by atoms with Crippen LogP contribution in [0.4, 0.5) is 91.6 Å². The summed E-state index contributed by atoms with van der Waals surface area (Å²) in [6, 6.07) is 16.5. The number of nitrogen functional groups attached to an aromatic ring is 2. The standard InChI is InChI=1S/C19H16Cl2F3N3O4S.C12H13F3N2O3S.C8H4F3NO4.C8H6F3NO2.C7H3Cl2NO.C4H9NO2S/c20-13-2-1-3-14(16(13)21)25-18(29)26-15-10-11(19(22,23)24)4-5-12(15)17(28)27-6-8-32(30,31)9-7-27;13-12(14,15)8-1-2-9(10(16)7-8)11(18)17-3-5-21(19,20)6-4-17;9-8(10,11)4-1-2-5(7(13)14)6(3-4)12(15)16;9-8(10,11)4-1-2-5(7(13)14)6(12)3-4;8-5-2-1-3-6(7(5)9)10-4-11;6-8(7)3-1-5-2-4-8/h1-5,10H,6-9H2,(H2,25,26,29);1-2,7H,3-6,16H2;1-3H,(H,13,14);1-3H,12H2,(H,13,14);1-3H;5H,1-4H2. The molecule has 3 saturated heterocycles. The second-order valence-electron chi connectivity index (χ2n) is 20.7. The number of urea groups is 1.